The molecule has 1 saturated carbocycles. The van der Waals surface area contributed by atoms with Gasteiger partial charge in [-0.2, -0.15) is 0 Å². The molecule has 0 bridgehead atoms. The van der Waals surface area contributed by atoms with Crippen LogP contribution in [0.5, 0.6) is 0 Å². The van der Waals surface area contributed by atoms with Gasteiger partial charge in [0, 0.05) is 12.0 Å². The molecule has 0 saturated heterocycles. The maximum atomic E-state index is 3.64. The van der Waals surface area contributed by atoms with E-state index < -0.39 is 0 Å². The average Bonchev–Trinajstić information content (AvgIpc) is 3.03. The molecule has 0 amide bonds. The van der Waals surface area contributed by atoms with E-state index in [1.54, 1.807) is 5.56 Å². The number of nitrogens with one attached hydrogen (secondary N) is 1. The van der Waals surface area contributed by atoms with Crippen LogP contribution < -0.4 is 5.32 Å². The largest absolute Gasteiger partial charge is 0.316 e. The molecular formula is C17H27N. The molecule has 1 heteroatoms. The van der Waals surface area contributed by atoms with Gasteiger partial charge in [0.2, 0.25) is 0 Å². The first kappa shape index (κ1) is 13.6. The summed E-state index contributed by atoms with van der Waals surface area (Å²) in [6, 6.07) is 7.08. The Hall–Kier alpha value is -0.820. The van der Waals surface area contributed by atoms with Crippen molar-refractivity contribution in [3.05, 3.63) is 34.9 Å². The van der Waals surface area contributed by atoms with Crippen LogP contribution in [-0.2, 0) is 5.41 Å². The molecule has 1 aromatic carbocycles. The van der Waals surface area contributed by atoms with Crippen molar-refractivity contribution in [2.75, 3.05) is 13.1 Å². The second-order valence-electron chi connectivity index (χ2n) is 6.02. The molecule has 1 aliphatic carbocycles. The van der Waals surface area contributed by atoms with Crippen LogP contribution in [-0.4, -0.2) is 13.1 Å². The fourth-order valence-electron chi connectivity index (χ4n) is 3.34. The van der Waals surface area contributed by atoms with E-state index in [2.05, 4.69) is 51.2 Å². The van der Waals surface area contributed by atoms with Crippen molar-refractivity contribution in [2.24, 2.45) is 5.92 Å². The average molecular weight is 245 g/mol. The minimum absolute atomic E-state index is 0.431. The van der Waals surface area contributed by atoms with Gasteiger partial charge in [-0.25, -0.2) is 0 Å². The highest BCUT2D eigenvalue weighted by atomic mass is 14.9. The molecule has 0 radical (unpaired) electrons. The lowest BCUT2D eigenvalue weighted by Crippen LogP contribution is -2.29. The summed E-state index contributed by atoms with van der Waals surface area (Å²) >= 11 is 0. The third-order valence-electron chi connectivity index (χ3n) is 4.39. The zero-order chi connectivity index (χ0) is 13.2. The van der Waals surface area contributed by atoms with Crippen molar-refractivity contribution in [1.82, 2.24) is 5.32 Å². The van der Waals surface area contributed by atoms with Crippen molar-refractivity contribution in [2.45, 2.75) is 52.4 Å². The fraction of sp³-hybridized carbons (Fsp3) is 0.647. The van der Waals surface area contributed by atoms with Gasteiger partial charge in [-0.3, -0.25) is 0 Å². The Balaban J connectivity index is 2.19. The summed E-state index contributed by atoms with van der Waals surface area (Å²) in [6.45, 7) is 11.3. The van der Waals surface area contributed by atoms with E-state index in [0.717, 1.165) is 19.0 Å². The molecule has 1 fully saturated rings. The summed E-state index contributed by atoms with van der Waals surface area (Å²) in [6.07, 6.45) is 3.89. The second-order valence-corrected chi connectivity index (χ2v) is 6.02. The molecule has 0 spiro atoms. The number of rotatable bonds is 6. The summed E-state index contributed by atoms with van der Waals surface area (Å²) in [5, 5.41) is 3.64. The third-order valence-corrected chi connectivity index (χ3v) is 4.39. The van der Waals surface area contributed by atoms with E-state index in [1.807, 2.05) is 0 Å². The summed E-state index contributed by atoms with van der Waals surface area (Å²) in [5.74, 6) is 0.878. The molecule has 2 atom stereocenters. The van der Waals surface area contributed by atoms with Crippen LogP contribution in [0, 0.1) is 19.8 Å². The van der Waals surface area contributed by atoms with E-state index in [1.165, 1.54) is 30.4 Å². The van der Waals surface area contributed by atoms with E-state index >= 15 is 0 Å². The van der Waals surface area contributed by atoms with E-state index in [4.69, 9.17) is 0 Å². The lowest BCUT2D eigenvalue weighted by Gasteiger charge is -2.20. The standard InChI is InChI=1S/C17H27N/c1-5-7-18-12-17(11-15(17)6-2)16-9-13(3)8-14(4)10-16/h8-10,15,18H,5-7,11-12H2,1-4H3. The number of aryl methyl sites for hydroxylation is 2. The Morgan fingerprint density at radius 3 is 2.33 bits per heavy atom. The molecular weight excluding hydrogens is 218 g/mol. The van der Waals surface area contributed by atoms with E-state index in [0.29, 0.717) is 5.41 Å². The van der Waals surface area contributed by atoms with E-state index in [9.17, 15) is 0 Å². The molecule has 2 unspecified atom stereocenters. The predicted molar refractivity (Wildman–Crippen MR) is 79.2 cm³/mol. The summed E-state index contributed by atoms with van der Waals surface area (Å²) < 4.78 is 0. The van der Waals surface area contributed by atoms with Crippen molar-refractivity contribution in [3.63, 3.8) is 0 Å². The van der Waals surface area contributed by atoms with Crippen molar-refractivity contribution >= 4 is 0 Å². The molecule has 1 aliphatic rings. The first-order valence-corrected chi connectivity index (χ1v) is 7.42. The van der Waals surface area contributed by atoms with Gasteiger partial charge in [-0.05, 0) is 44.7 Å². The van der Waals surface area contributed by atoms with Crippen molar-refractivity contribution in [3.8, 4) is 0 Å². The Bertz CT molecular complexity index is 390. The third kappa shape index (κ3) is 2.61. The highest BCUT2D eigenvalue weighted by Crippen LogP contribution is 2.55. The predicted octanol–water partition coefficient (Wildman–Crippen LogP) is 3.97. The highest BCUT2D eigenvalue weighted by Gasteiger charge is 2.53. The lowest BCUT2D eigenvalue weighted by atomic mass is 9.89. The van der Waals surface area contributed by atoms with Gasteiger partial charge < -0.3 is 5.32 Å². The zero-order valence-corrected chi connectivity index (χ0v) is 12.3. The maximum Gasteiger partial charge on any atom is 0.0109 e. The first-order valence-electron chi connectivity index (χ1n) is 7.42. The van der Waals surface area contributed by atoms with Gasteiger partial charge in [-0.15, -0.1) is 0 Å². The van der Waals surface area contributed by atoms with Gasteiger partial charge >= 0.3 is 0 Å². The Labute approximate surface area is 112 Å². The number of benzene rings is 1. The second kappa shape index (κ2) is 5.44. The Kier molecular flexibility index (Phi) is 4.11. The maximum absolute atomic E-state index is 3.64. The minimum Gasteiger partial charge on any atom is -0.316 e. The number of hydrogen-bond donors (Lipinski definition) is 1. The first-order chi connectivity index (χ1) is 8.62. The molecule has 0 aromatic heterocycles. The molecule has 18 heavy (non-hydrogen) atoms. The lowest BCUT2D eigenvalue weighted by molar-refractivity contribution is 0.522. The zero-order valence-electron chi connectivity index (χ0n) is 12.3. The van der Waals surface area contributed by atoms with Crippen LogP contribution in [0.2, 0.25) is 0 Å². The normalized spacial score (nSPS) is 26.3. The van der Waals surface area contributed by atoms with Crippen LogP contribution in [0.1, 0.15) is 49.8 Å². The quantitative estimate of drug-likeness (QED) is 0.748. The van der Waals surface area contributed by atoms with E-state index in [-0.39, 0.29) is 0 Å². The fourth-order valence-corrected chi connectivity index (χ4v) is 3.34. The molecule has 1 nitrogen and oxygen atoms in total. The SMILES string of the molecule is CCCNCC1(c2cc(C)cc(C)c2)CC1CC. The molecule has 2 rings (SSSR count). The van der Waals surface area contributed by atoms with Gasteiger partial charge in [0.1, 0.15) is 0 Å². The van der Waals surface area contributed by atoms with Gasteiger partial charge in [0.05, 0.1) is 0 Å². The monoisotopic (exact) mass is 245 g/mol. The molecule has 1 aromatic rings. The van der Waals surface area contributed by atoms with Crippen LogP contribution in [0.4, 0.5) is 0 Å². The smallest absolute Gasteiger partial charge is 0.0109 e. The molecule has 0 aliphatic heterocycles. The minimum atomic E-state index is 0.431. The number of hydrogen-bond acceptors (Lipinski definition) is 1. The van der Waals surface area contributed by atoms with Gasteiger partial charge in [-0.1, -0.05) is 49.6 Å². The van der Waals surface area contributed by atoms with Crippen LogP contribution in [0.3, 0.4) is 0 Å². The van der Waals surface area contributed by atoms with Crippen molar-refractivity contribution < 1.29 is 0 Å². The molecule has 1 N–H and O–H groups in total. The Morgan fingerprint density at radius 2 is 1.83 bits per heavy atom. The summed E-state index contributed by atoms with van der Waals surface area (Å²) in [4.78, 5) is 0. The van der Waals surface area contributed by atoms with Crippen LogP contribution >= 0.6 is 0 Å². The van der Waals surface area contributed by atoms with Crippen LogP contribution in [0.15, 0.2) is 18.2 Å². The molecule has 0 heterocycles. The topological polar surface area (TPSA) is 12.0 Å². The van der Waals surface area contributed by atoms with Gasteiger partial charge in [0.25, 0.3) is 0 Å². The summed E-state index contributed by atoms with van der Waals surface area (Å²) in [5.41, 5.74) is 4.81. The summed E-state index contributed by atoms with van der Waals surface area (Å²) in [7, 11) is 0. The van der Waals surface area contributed by atoms with Crippen molar-refractivity contribution in [1.29, 1.82) is 0 Å². The molecule has 100 valence electrons. The Morgan fingerprint density at radius 1 is 1.17 bits per heavy atom. The highest BCUT2D eigenvalue weighted by molar-refractivity contribution is 5.39. The van der Waals surface area contributed by atoms with Gasteiger partial charge in [0.15, 0.2) is 0 Å². The van der Waals surface area contributed by atoms with Crippen LogP contribution in [0.25, 0.3) is 0 Å².